The SMILES string of the molecule is CC(=O)NOC1CCCCO1.OCc1cscc1SN1CCC(Oc2ccc(OC(F)(F)F)cc2)CC1. The first-order valence-electron chi connectivity index (χ1n) is 11.9. The van der Waals surface area contributed by atoms with Crippen molar-refractivity contribution >= 4 is 29.2 Å². The second kappa shape index (κ2) is 14.8. The average molecular weight is 565 g/mol. The van der Waals surface area contributed by atoms with Gasteiger partial charge in [-0.2, -0.15) is 11.3 Å². The van der Waals surface area contributed by atoms with Gasteiger partial charge in [0, 0.05) is 48.9 Å². The number of nitrogens with one attached hydrogen (secondary N) is 1. The molecule has 1 aromatic heterocycles. The number of hydroxylamine groups is 1. The van der Waals surface area contributed by atoms with Crippen molar-refractivity contribution in [2.45, 2.75) is 69.3 Å². The zero-order valence-corrected chi connectivity index (χ0v) is 22.0. The Morgan fingerprint density at radius 3 is 2.46 bits per heavy atom. The molecule has 0 aliphatic carbocycles. The summed E-state index contributed by atoms with van der Waals surface area (Å²) in [7, 11) is 0. The summed E-state index contributed by atoms with van der Waals surface area (Å²) in [5, 5.41) is 13.3. The number of piperidine rings is 1. The molecule has 206 valence electrons. The van der Waals surface area contributed by atoms with Crippen LogP contribution in [0.25, 0.3) is 0 Å². The quantitative estimate of drug-likeness (QED) is 0.331. The van der Waals surface area contributed by atoms with Gasteiger partial charge in [0.2, 0.25) is 5.91 Å². The number of amides is 1. The summed E-state index contributed by atoms with van der Waals surface area (Å²) < 4.78 is 53.6. The number of carbonyl (C=O) groups excluding carboxylic acids is 1. The van der Waals surface area contributed by atoms with Crippen LogP contribution >= 0.6 is 23.3 Å². The third-order valence-corrected chi connectivity index (χ3v) is 7.47. The summed E-state index contributed by atoms with van der Waals surface area (Å²) >= 11 is 3.22. The minimum atomic E-state index is -4.69. The summed E-state index contributed by atoms with van der Waals surface area (Å²) in [6, 6.07) is 5.48. The molecule has 2 aromatic rings. The van der Waals surface area contributed by atoms with E-state index < -0.39 is 6.36 Å². The summed E-state index contributed by atoms with van der Waals surface area (Å²) in [4.78, 5) is 16.4. The maximum atomic E-state index is 12.2. The zero-order chi connectivity index (χ0) is 26.7. The number of alkyl halides is 3. The molecular weight excluding hydrogens is 533 g/mol. The lowest BCUT2D eigenvalue weighted by Gasteiger charge is -2.31. The van der Waals surface area contributed by atoms with Crippen LogP contribution in [0.1, 0.15) is 44.6 Å². The predicted molar refractivity (Wildman–Crippen MR) is 133 cm³/mol. The third kappa shape index (κ3) is 11.1. The first-order chi connectivity index (χ1) is 17.7. The fourth-order valence-corrected chi connectivity index (χ4v) is 5.59. The molecule has 0 spiro atoms. The number of thiophene rings is 1. The highest BCUT2D eigenvalue weighted by Gasteiger charge is 2.31. The fourth-order valence-electron chi connectivity index (χ4n) is 3.55. The molecule has 1 unspecified atom stereocenters. The van der Waals surface area contributed by atoms with Gasteiger partial charge in [-0.15, -0.1) is 13.2 Å². The van der Waals surface area contributed by atoms with Gasteiger partial charge in [-0.05, 0) is 67.3 Å². The molecule has 3 heterocycles. The Morgan fingerprint density at radius 1 is 1.16 bits per heavy atom. The lowest BCUT2D eigenvalue weighted by molar-refractivity contribution is -0.274. The molecule has 1 amide bonds. The molecular formula is C24H31F3N2O6S2. The maximum Gasteiger partial charge on any atom is 0.573 e. The highest BCUT2D eigenvalue weighted by molar-refractivity contribution is 7.97. The molecule has 37 heavy (non-hydrogen) atoms. The van der Waals surface area contributed by atoms with Crippen LogP contribution in [-0.4, -0.2) is 53.8 Å². The van der Waals surface area contributed by atoms with Crippen LogP contribution in [0, 0.1) is 0 Å². The summed E-state index contributed by atoms with van der Waals surface area (Å²) in [5.74, 6) is 0.0803. The molecule has 0 radical (unpaired) electrons. The van der Waals surface area contributed by atoms with E-state index in [1.165, 1.54) is 31.2 Å². The van der Waals surface area contributed by atoms with Crippen molar-refractivity contribution in [1.82, 2.24) is 9.79 Å². The zero-order valence-electron chi connectivity index (χ0n) is 20.4. The Hall–Kier alpha value is -2.03. The van der Waals surface area contributed by atoms with Gasteiger partial charge in [0.1, 0.15) is 17.6 Å². The number of carbonyl (C=O) groups is 1. The number of ether oxygens (including phenoxy) is 3. The van der Waals surface area contributed by atoms with Crippen LogP contribution < -0.4 is 15.0 Å². The standard InChI is InChI=1S/C17H18F3NO3S2.C7H13NO3/c18-17(19,20)24-15-3-1-13(2-4-15)23-14-5-7-21(8-6-14)26-16-11-25-10-12(16)9-22;1-6(9)8-11-7-4-2-3-5-10-7/h1-4,10-11,14,22H,5-9H2;7H,2-5H2,1H3,(H,8,9). The number of hydrogen-bond donors (Lipinski definition) is 2. The molecule has 4 rings (SSSR count). The first kappa shape index (κ1) is 29.5. The van der Waals surface area contributed by atoms with Crippen LogP contribution in [0.3, 0.4) is 0 Å². The van der Waals surface area contributed by atoms with Crippen LogP contribution in [0.4, 0.5) is 13.2 Å². The molecule has 2 saturated heterocycles. The second-order valence-corrected chi connectivity index (χ2v) is 10.2. The van der Waals surface area contributed by atoms with E-state index in [9.17, 15) is 23.1 Å². The smallest absolute Gasteiger partial charge is 0.490 e. The fraction of sp³-hybridized carbons (Fsp3) is 0.542. The van der Waals surface area contributed by atoms with E-state index in [2.05, 4.69) is 14.5 Å². The third-order valence-electron chi connectivity index (χ3n) is 5.33. The first-order valence-corrected chi connectivity index (χ1v) is 13.6. The van der Waals surface area contributed by atoms with E-state index in [1.54, 1.807) is 23.3 Å². The van der Waals surface area contributed by atoms with Gasteiger partial charge in [0.05, 0.1) is 6.61 Å². The lowest BCUT2D eigenvalue weighted by atomic mass is 10.1. The molecule has 13 heteroatoms. The second-order valence-electron chi connectivity index (χ2n) is 8.35. The van der Waals surface area contributed by atoms with Crippen molar-refractivity contribution in [3.63, 3.8) is 0 Å². The van der Waals surface area contributed by atoms with E-state index in [1.807, 2.05) is 10.8 Å². The van der Waals surface area contributed by atoms with E-state index in [4.69, 9.17) is 14.3 Å². The molecule has 2 fully saturated rings. The Balaban J connectivity index is 0.000000289. The van der Waals surface area contributed by atoms with Gasteiger partial charge in [-0.1, -0.05) is 0 Å². The summed E-state index contributed by atoms with van der Waals surface area (Å²) in [6.45, 7) is 3.85. The molecule has 8 nitrogen and oxygen atoms in total. The Labute approximate surface area is 222 Å². The number of hydrogen-bond acceptors (Lipinski definition) is 9. The van der Waals surface area contributed by atoms with Crippen molar-refractivity contribution in [2.75, 3.05) is 19.7 Å². The molecule has 0 saturated carbocycles. The summed E-state index contributed by atoms with van der Waals surface area (Å²) in [6.07, 6.45) is -0.206. The van der Waals surface area contributed by atoms with Gasteiger partial charge < -0.3 is 19.3 Å². The van der Waals surface area contributed by atoms with E-state index >= 15 is 0 Å². The van der Waals surface area contributed by atoms with Crippen molar-refractivity contribution < 1.29 is 42.1 Å². The lowest BCUT2D eigenvalue weighted by Crippen LogP contribution is -2.34. The number of benzene rings is 1. The normalized spacial score (nSPS) is 19.0. The number of aliphatic hydroxyl groups excluding tert-OH is 1. The van der Waals surface area contributed by atoms with Crippen molar-refractivity contribution in [3.8, 4) is 11.5 Å². The highest BCUT2D eigenvalue weighted by atomic mass is 32.2. The van der Waals surface area contributed by atoms with Gasteiger partial charge in [0.15, 0.2) is 6.29 Å². The summed E-state index contributed by atoms with van der Waals surface area (Å²) in [5.41, 5.74) is 3.20. The average Bonchev–Trinajstić information content (AvgIpc) is 3.32. The minimum Gasteiger partial charge on any atom is -0.490 e. The molecule has 1 atom stereocenters. The van der Waals surface area contributed by atoms with Crippen molar-refractivity contribution in [2.24, 2.45) is 0 Å². The topological polar surface area (TPSA) is 89.5 Å². The number of nitrogens with zero attached hydrogens (tertiary/aromatic N) is 1. The van der Waals surface area contributed by atoms with Crippen LogP contribution in [-0.2, 0) is 21.0 Å². The van der Waals surface area contributed by atoms with Gasteiger partial charge in [0.25, 0.3) is 0 Å². The van der Waals surface area contributed by atoms with Gasteiger partial charge in [-0.25, -0.2) is 14.6 Å². The van der Waals surface area contributed by atoms with Crippen LogP contribution in [0.2, 0.25) is 0 Å². The predicted octanol–water partition coefficient (Wildman–Crippen LogP) is 5.27. The number of rotatable bonds is 8. The largest absolute Gasteiger partial charge is 0.573 e. The number of aliphatic hydroxyl groups is 1. The molecule has 0 bridgehead atoms. The van der Waals surface area contributed by atoms with Gasteiger partial charge >= 0.3 is 6.36 Å². The Morgan fingerprint density at radius 2 is 1.86 bits per heavy atom. The van der Waals surface area contributed by atoms with E-state index in [-0.39, 0.29) is 30.7 Å². The van der Waals surface area contributed by atoms with Crippen LogP contribution in [0.5, 0.6) is 11.5 Å². The molecule has 2 N–H and O–H groups in total. The monoisotopic (exact) mass is 564 g/mol. The van der Waals surface area contributed by atoms with Gasteiger partial charge in [-0.3, -0.25) is 4.79 Å². The highest BCUT2D eigenvalue weighted by Crippen LogP contribution is 2.32. The molecule has 2 aliphatic heterocycles. The maximum absolute atomic E-state index is 12.2. The van der Waals surface area contributed by atoms with E-state index in [0.29, 0.717) is 5.75 Å². The molecule has 2 aliphatic rings. The minimum absolute atomic E-state index is 0.0287. The Kier molecular flexibility index (Phi) is 11.8. The van der Waals surface area contributed by atoms with Crippen molar-refractivity contribution in [1.29, 1.82) is 0 Å². The van der Waals surface area contributed by atoms with Crippen molar-refractivity contribution in [3.05, 3.63) is 40.6 Å². The molecule has 1 aromatic carbocycles. The number of halogens is 3. The Bertz CT molecular complexity index is 947. The van der Waals surface area contributed by atoms with E-state index in [0.717, 1.165) is 62.3 Å². The van der Waals surface area contributed by atoms with Crippen LogP contribution in [0.15, 0.2) is 39.9 Å².